The molecule has 0 fully saturated rings. The summed E-state index contributed by atoms with van der Waals surface area (Å²) in [4.78, 5) is 0. The van der Waals surface area contributed by atoms with Crippen molar-refractivity contribution in [2.45, 2.75) is 19.4 Å². The van der Waals surface area contributed by atoms with E-state index in [0.29, 0.717) is 0 Å². The largest absolute Gasteiger partial charge is 0.340 e. The summed E-state index contributed by atoms with van der Waals surface area (Å²) < 4.78 is 2.52. The molecule has 1 aliphatic rings. The van der Waals surface area contributed by atoms with E-state index >= 15 is 0 Å². The molecule has 3 aromatic carbocycles. The summed E-state index contributed by atoms with van der Waals surface area (Å²) in [6, 6.07) is 20.0. The van der Waals surface area contributed by atoms with Crippen LogP contribution in [0.15, 0.2) is 54.6 Å². The number of hydrogen-bond donors (Lipinski definition) is 0. The average molecular weight is 257 g/mol. The second-order valence-electron chi connectivity index (χ2n) is 5.74. The third kappa shape index (κ3) is 1.18. The van der Waals surface area contributed by atoms with Crippen LogP contribution >= 0.6 is 0 Å². The van der Waals surface area contributed by atoms with Crippen molar-refractivity contribution in [1.29, 1.82) is 0 Å². The number of benzene rings is 3. The molecule has 0 N–H and O–H groups in total. The summed E-state index contributed by atoms with van der Waals surface area (Å²) in [5.41, 5.74) is 4.40. The van der Waals surface area contributed by atoms with Crippen LogP contribution in [0.4, 0.5) is 0 Å². The van der Waals surface area contributed by atoms with E-state index in [0.717, 1.165) is 6.54 Å². The van der Waals surface area contributed by atoms with Gasteiger partial charge in [-0.05, 0) is 41.3 Å². The van der Waals surface area contributed by atoms with Crippen molar-refractivity contribution in [2.24, 2.45) is 0 Å². The zero-order valence-corrected chi connectivity index (χ0v) is 11.3. The molecule has 0 saturated carbocycles. The minimum atomic E-state index is 1.15. The van der Waals surface area contributed by atoms with Crippen molar-refractivity contribution in [3.05, 3.63) is 60.2 Å². The molecule has 0 aliphatic carbocycles. The van der Waals surface area contributed by atoms with Crippen molar-refractivity contribution in [3.63, 3.8) is 0 Å². The molecule has 1 heteroatoms. The zero-order chi connectivity index (χ0) is 13.1. The van der Waals surface area contributed by atoms with Gasteiger partial charge in [-0.3, -0.25) is 0 Å². The van der Waals surface area contributed by atoms with Gasteiger partial charge in [0.1, 0.15) is 0 Å². The molecule has 0 radical (unpaired) electrons. The number of hydrogen-bond acceptors (Lipinski definition) is 0. The SMILES string of the molecule is c1ccc2c3c4c(cc2c1)c1ccccc1n4CCC3. The Morgan fingerprint density at radius 2 is 1.60 bits per heavy atom. The van der Waals surface area contributed by atoms with Gasteiger partial charge in [-0.25, -0.2) is 0 Å². The first-order valence-electron chi connectivity index (χ1n) is 7.35. The Kier molecular flexibility index (Phi) is 1.91. The van der Waals surface area contributed by atoms with E-state index in [-0.39, 0.29) is 0 Å². The topological polar surface area (TPSA) is 4.93 Å². The number of aryl methyl sites for hydroxylation is 2. The van der Waals surface area contributed by atoms with Gasteiger partial charge in [-0.2, -0.15) is 0 Å². The predicted molar refractivity (Wildman–Crippen MR) is 85.3 cm³/mol. The molecule has 20 heavy (non-hydrogen) atoms. The highest BCUT2D eigenvalue weighted by Crippen LogP contribution is 2.38. The molecular formula is C19H15N. The van der Waals surface area contributed by atoms with E-state index in [2.05, 4.69) is 59.2 Å². The fraction of sp³-hybridized carbons (Fsp3) is 0.158. The summed E-state index contributed by atoms with van der Waals surface area (Å²) in [5.74, 6) is 0. The first-order valence-corrected chi connectivity index (χ1v) is 7.35. The van der Waals surface area contributed by atoms with Crippen LogP contribution in [-0.2, 0) is 13.0 Å². The molecule has 0 bridgehead atoms. The lowest BCUT2D eigenvalue weighted by Gasteiger charge is -2.18. The van der Waals surface area contributed by atoms with E-state index in [4.69, 9.17) is 0 Å². The van der Waals surface area contributed by atoms with E-state index in [1.165, 1.54) is 45.4 Å². The molecule has 0 saturated heterocycles. The van der Waals surface area contributed by atoms with Crippen LogP contribution in [0.5, 0.6) is 0 Å². The van der Waals surface area contributed by atoms with Gasteiger partial charge in [0.25, 0.3) is 0 Å². The normalized spacial score (nSPS) is 14.4. The van der Waals surface area contributed by atoms with E-state index in [1.54, 1.807) is 5.56 Å². The molecule has 0 spiro atoms. The summed E-state index contributed by atoms with van der Waals surface area (Å²) in [7, 11) is 0. The third-order valence-electron chi connectivity index (χ3n) is 4.69. The highest BCUT2D eigenvalue weighted by Gasteiger charge is 2.19. The number of rotatable bonds is 0. The van der Waals surface area contributed by atoms with Crippen LogP contribution in [0, 0.1) is 0 Å². The Balaban J connectivity index is 2.15. The molecule has 5 rings (SSSR count). The fourth-order valence-corrected chi connectivity index (χ4v) is 3.88. The number of aromatic nitrogens is 1. The van der Waals surface area contributed by atoms with Gasteiger partial charge in [0.15, 0.2) is 0 Å². The zero-order valence-electron chi connectivity index (χ0n) is 11.3. The van der Waals surface area contributed by atoms with Crippen LogP contribution in [0.3, 0.4) is 0 Å². The minimum absolute atomic E-state index is 1.15. The minimum Gasteiger partial charge on any atom is -0.340 e. The maximum absolute atomic E-state index is 2.52. The van der Waals surface area contributed by atoms with Crippen molar-refractivity contribution in [3.8, 4) is 0 Å². The van der Waals surface area contributed by atoms with Crippen LogP contribution < -0.4 is 0 Å². The predicted octanol–water partition coefficient (Wildman–Crippen LogP) is 4.89. The highest BCUT2D eigenvalue weighted by atomic mass is 15.0. The van der Waals surface area contributed by atoms with Crippen molar-refractivity contribution in [2.75, 3.05) is 0 Å². The van der Waals surface area contributed by atoms with Crippen LogP contribution in [0.2, 0.25) is 0 Å². The van der Waals surface area contributed by atoms with Crippen molar-refractivity contribution >= 4 is 32.6 Å². The standard InChI is InChI=1S/C19H15N/c1-2-7-14-13(6-1)12-17-15-8-3-4-10-18(15)20-11-5-9-16(14)19(17)20/h1-4,6-8,10,12H,5,9,11H2. The summed E-state index contributed by atoms with van der Waals surface area (Å²) in [5, 5.41) is 5.63. The smallest absolute Gasteiger partial charge is 0.0530 e. The maximum Gasteiger partial charge on any atom is 0.0530 e. The lowest BCUT2D eigenvalue weighted by Crippen LogP contribution is -2.07. The molecule has 0 atom stereocenters. The van der Waals surface area contributed by atoms with E-state index in [1.807, 2.05) is 0 Å². The first-order chi connectivity index (χ1) is 9.93. The van der Waals surface area contributed by atoms with Gasteiger partial charge in [0, 0.05) is 22.8 Å². The molecule has 0 amide bonds. The Labute approximate surface area is 117 Å². The average Bonchev–Trinajstić information content (AvgIpc) is 2.84. The van der Waals surface area contributed by atoms with Crippen molar-refractivity contribution in [1.82, 2.24) is 4.57 Å². The number of fused-ring (bicyclic) bond motifs is 5. The quantitative estimate of drug-likeness (QED) is 0.422. The van der Waals surface area contributed by atoms with E-state index < -0.39 is 0 Å². The number of nitrogens with zero attached hydrogens (tertiary/aromatic N) is 1. The second-order valence-corrected chi connectivity index (χ2v) is 5.74. The molecule has 96 valence electrons. The molecule has 4 aromatic rings. The van der Waals surface area contributed by atoms with Gasteiger partial charge in [0.2, 0.25) is 0 Å². The fourth-order valence-electron chi connectivity index (χ4n) is 3.88. The molecule has 1 nitrogen and oxygen atoms in total. The summed E-state index contributed by atoms with van der Waals surface area (Å²) in [6.45, 7) is 1.15. The van der Waals surface area contributed by atoms with Crippen LogP contribution in [-0.4, -0.2) is 4.57 Å². The van der Waals surface area contributed by atoms with Crippen molar-refractivity contribution < 1.29 is 0 Å². The van der Waals surface area contributed by atoms with Gasteiger partial charge < -0.3 is 4.57 Å². The lowest BCUT2D eigenvalue weighted by atomic mass is 9.95. The summed E-state index contributed by atoms with van der Waals surface area (Å²) in [6.07, 6.45) is 2.45. The Hall–Kier alpha value is -2.28. The molecule has 1 aromatic heterocycles. The van der Waals surface area contributed by atoms with Crippen LogP contribution in [0.25, 0.3) is 32.6 Å². The molecule has 1 aliphatic heterocycles. The van der Waals surface area contributed by atoms with Gasteiger partial charge in [0.05, 0.1) is 5.52 Å². The Bertz CT molecular complexity index is 969. The summed E-state index contributed by atoms with van der Waals surface area (Å²) >= 11 is 0. The second kappa shape index (κ2) is 3.63. The molecular weight excluding hydrogens is 242 g/mol. The van der Waals surface area contributed by atoms with Crippen LogP contribution in [0.1, 0.15) is 12.0 Å². The molecule has 0 unspecified atom stereocenters. The molecule has 2 heterocycles. The highest BCUT2D eigenvalue weighted by molar-refractivity contribution is 6.14. The van der Waals surface area contributed by atoms with Gasteiger partial charge in [-0.15, -0.1) is 0 Å². The third-order valence-corrected chi connectivity index (χ3v) is 4.69. The Morgan fingerprint density at radius 1 is 0.800 bits per heavy atom. The first kappa shape index (κ1) is 10.5. The Morgan fingerprint density at radius 3 is 2.55 bits per heavy atom. The van der Waals surface area contributed by atoms with E-state index in [9.17, 15) is 0 Å². The monoisotopic (exact) mass is 257 g/mol. The van der Waals surface area contributed by atoms with Gasteiger partial charge in [-0.1, -0.05) is 42.5 Å². The number of para-hydroxylation sites is 1. The maximum atomic E-state index is 2.52. The lowest BCUT2D eigenvalue weighted by molar-refractivity contribution is 0.654. The van der Waals surface area contributed by atoms with Gasteiger partial charge >= 0.3 is 0 Å².